The summed E-state index contributed by atoms with van der Waals surface area (Å²) in [4.78, 5) is 6.70. The van der Waals surface area contributed by atoms with Gasteiger partial charge >= 0.3 is 20.1 Å². The van der Waals surface area contributed by atoms with Crippen LogP contribution in [0.2, 0.25) is 0 Å². The standard InChI is InChI=1S/C21H15N2S.C11H8N.Ir/c1-14-7-5-8-15(2)20(14)23-13-22-16-9-3-4-11-18(16)24-19-12-6-10-17(23)21(19)22;1-2-6-10(7-3-1)11-8-4-5-9-12-11;/h3-8,10-12H,1-2H3;1-6,8-9H;/q2*-1;+3. The molecule has 0 atom stereocenters. The molecular formula is C32H23IrN3S+. The summed E-state index contributed by atoms with van der Waals surface area (Å²) < 4.78 is 4.35. The molecule has 0 saturated carbocycles. The van der Waals surface area contributed by atoms with Crippen molar-refractivity contribution in [2.75, 3.05) is 0 Å². The summed E-state index contributed by atoms with van der Waals surface area (Å²) in [5.74, 6) is 0. The molecule has 0 saturated heterocycles. The summed E-state index contributed by atoms with van der Waals surface area (Å²) in [7, 11) is 0. The van der Waals surface area contributed by atoms with Gasteiger partial charge in [-0.15, -0.1) is 35.9 Å². The Balaban J connectivity index is 0.000000183. The van der Waals surface area contributed by atoms with Crippen LogP contribution in [0, 0.1) is 32.3 Å². The van der Waals surface area contributed by atoms with Gasteiger partial charge in [0.15, 0.2) is 0 Å². The summed E-state index contributed by atoms with van der Waals surface area (Å²) >= 11 is 1.81. The van der Waals surface area contributed by atoms with E-state index in [-0.39, 0.29) is 20.1 Å². The fourth-order valence-electron chi connectivity index (χ4n) is 4.56. The molecule has 0 bridgehead atoms. The van der Waals surface area contributed by atoms with Gasteiger partial charge in [-0.2, -0.15) is 36.0 Å². The Labute approximate surface area is 235 Å². The second kappa shape index (κ2) is 10.9. The third kappa shape index (κ3) is 4.78. The van der Waals surface area contributed by atoms with Crippen molar-refractivity contribution >= 4 is 22.8 Å². The zero-order valence-corrected chi connectivity index (χ0v) is 23.6. The minimum atomic E-state index is 0. The largest absolute Gasteiger partial charge is 3.00 e. The number of hydrogen-bond donors (Lipinski definition) is 0. The number of fused-ring (bicyclic) bond motifs is 2. The number of aryl methyl sites for hydroxylation is 2. The molecule has 2 aromatic heterocycles. The van der Waals surface area contributed by atoms with Crippen molar-refractivity contribution in [2.24, 2.45) is 0 Å². The molecule has 0 spiro atoms. The Hall–Kier alpha value is -3.50. The van der Waals surface area contributed by atoms with Gasteiger partial charge in [-0.1, -0.05) is 53.4 Å². The first-order valence-corrected chi connectivity index (χ1v) is 12.6. The number of rotatable bonds is 2. The zero-order valence-electron chi connectivity index (χ0n) is 20.4. The van der Waals surface area contributed by atoms with Crippen LogP contribution in [0.25, 0.3) is 33.7 Å². The van der Waals surface area contributed by atoms with Crippen molar-refractivity contribution in [3.63, 3.8) is 0 Å². The van der Waals surface area contributed by atoms with Gasteiger partial charge < -0.3 is 9.55 Å². The van der Waals surface area contributed by atoms with Gasteiger partial charge in [0, 0.05) is 11.1 Å². The molecule has 5 heteroatoms. The van der Waals surface area contributed by atoms with E-state index in [1.807, 2.05) is 54.6 Å². The molecule has 0 unspecified atom stereocenters. The Morgan fingerprint density at radius 2 is 1.51 bits per heavy atom. The van der Waals surface area contributed by atoms with E-state index >= 15 is 0 Å². The maximum atomic E-state index is 4.22. The van der Waals surface area contributed by atoms with Crippen molar-refractivity contribution in [3.8, 4) is 22.6 Å². The number of imidazole rings is 1. The molecule has 3 nitrogen and oxygen atoms in total. The molecule has 4 aromatic carbocycles. The van der Waals surface area contributed by atoms with E-state index in [1.54, 1.807) is 18.0 Å². The van der Waals surface area contributed by atoms with Crippen LogP contribution in [0.1, 0.15) is 11.1 Å². The van der Waals surface area contributed by atoms with Gasteiger partial charge in [-0.3, -0.25) is 4.57 Å². The average Bonchev–Trinajstić information content (AvgIpc) is 3.31. The number of para-hydroxylation sites is 3. The number of aromatic nitrogens is 3. The van der Waals surface area contributed by atoms with Crippen molar-refractivity contribution in [1.29, 1.82) is 0 Å². The predicted octanol–water partition coefficient (Wildman–Crippen LogP) is 7.14. The summed E-state index contributed by atoms with van der Waals surface area (Å²) in [6, 6.07) is 39.3. The maximum absolute atomic E-state index is 4.22. The molecule has 0 aliphatic carbocycles. The van der Waals surface area contributed by atoms with Gasteiger partial charge in [0.05, 0.1) is 16.7 Å². The molecule has 1 aliphatic heterocycles. The molecule has 0 N–H and O–H groups in total. The first kappa shape index (κ1) is 25.2. The second-order valence-corrected chi connectivity index (χ2v) is 9.70. The second-order valence-electron chi connectivity index (χ2n) is 8.61. The topological polar surface area (TPSA) is 21.7 Å². The van der Waals surface area contributed by atoms with Crippen LogP contribution in [0.5, 0.6) is 0 Å². The van der Waals surface area contributed by atoms with E-state index in [9.17, 15) is 0 Å². The fraction of sp³-hybridized carbons (Fsp3) is 0.0625. The predicted molar refractivity (Wildman–Crippen MR) is 145 cm³/mol. The summed E-state index contributed by atoms with van der Waals surface area (Å²) in [6.07, 6.45) is 5.36. The summed E-state index contributed by atoms with van der Waals surface area (Å²) in [5.41, 5.74) is 9.20. The molecule has 0 amide bonds. The van der Waals surface area contributed by atoms with Crippen molar-refractivity contribution in [2.45, 2.75) is 23.6 Å². The molecule has 3 heterocycles. The molecular weight excluding hydrogens is 651 g/mol. The van der Waals surface area contributed by atoms with Crippen LogP contribution in [0.3, 0.4) is 0 Å². The first-order valence-electron chi connectivity index (χ1n) is 11.8. The molecule has 7 rings (SSSR count). The fourth-order valence-corrected chi connectivity index (χ4v) is 5.63. The van der Waals surface area contributed by atoms with Crippen LogP contribution in [0.4, 0.5) is 0 Å². The Morgan fingerprint density at radius 3 is 2.27 bits per heavy atom. The van der Waals surface area contributed by atoms with E-state index < -0.39 is 0 Å². The minimum Gasteiger partial charge on any atom is -0.313 e. The first-order chi connectivity index (χ1) is 17.7. The Morgan fingerprint density at radius 1 is 0.757 bits per heavy atom. The normalized spacial score (nSPS) is 11.2. The number of benzene rings is 4. The van der Waals surface area contributed by atoms with E-state index in [1.165, 1.54) is 37.6 Å². The Kier molecular flexibility index (Phi) is 7.38. The molecule has 1 aliphatic rings. The van der Waals surface area contributed by atoms with Crippen LogP contribution in [0.15, 0.2) is 113 Å². The molecule has 180 valence electrons. The van der Waals surface area contributed by atoms with Crippen molar-refractivity contribution < 1.29 is 24.7 Å². The van der Waals surface area contributed by atoms with Crippen LogP contribution < -0.4 is 4.57 Å². The van der Waals surface area contributed by atoms with Gasteiger partial charge in [0.2, 0.25) is 0 Å². The van der Waals surface area contributed by atoms with Crippen molar-refractivity contribution in [1.82, 2.24) is 9.55 Å². The third-order valence-electron chi connectivity index (χ3n) is 6.20. The molecule has 0 radical (unpaired) electrons. The number of hydrogen-bond acceptors (Lipinski definition) is 2. The van der Waals surface area contributed by atoms with E-state index in [0.29, 0.717) is 0 Å². The summed E-state index contributed by atoms with van der Waals surface area (Å²) in [6.45, 7) is 4.31. The SMILES string of the molecule is Cc1cccc(C)c1-n1[c-][n+]2c3c(cccc31)Sc1ccc[c-]c1-2.[Ir+3].[c-]1ccccc1-c1ccccn1. The van der Waals surface area contributed by atoms with Gasteiger partial charge in [-0.05, 0) is 42.4 Å². The third-order valence-corrected chi connectivity index (χ3v) is 7.29. The quantitative estimate of drug-likeness (QED) is 0.144. The van der Waals surface area contributed by atoms with Gasteiger partial charge in [-0.25, -0.2) is 0 Å². The van der Waals surface area contributed by atoms with Crippen LogP contribution >= 0.6 is 11.8 Å². The minimum absolute atomic E-state index is 0. The monoisotopic (exact) mass is 674 g/mol. The van der Waals surface area contributed by atoms with Crippen LogP contribution in [-0.4, -0.2) is 9.55 Å². The number of nitrogens with zero attached hydrogens (tertiary/aromatic N) is 3. The molecule has 0 fully saturated rings. The van der Waals surface area contributed by atoms with E-state index in [4.69, 9.17) is 0 Å². The van der Waals surface area contributed by atoms with Gasteiger partial charge in [0.25, 0.3) is 6.33 Å². The van der Waals surface area contributed by atoms with Gasteiger partial charge in [0.1, 0.15) is 0 Å². The number of pyridine rings is 1. The molecule has 37 heavy (non-hydrogen) atoms. The van der Waals surface area contributed by atoms with Crippen LogP contribution in [-0.2, 0) is 20.1 Å². The van der Waals surface area contributed by atoms with E-state index in [2.05, 4.69) is 88.9 Å². The maximum Gasteiger partial charge on any atom is 3.00 e. The molecule has 6 aromatic rings. The smallest absolute Gasteiger partial charge is 0.313 e. The Bertz CT molecular complexity index is 1620. The zero-order chi connectivity index (χ0) is 24.5. The van der Waals surface area contributed by atoms with E-state index in [0.717, 1.165) is 16.9 Å². The average molecular weight is 674 g/mol. The van der Waals surface area contributed by atoms with Crippen molar-refractivity contribution in [3.05, 3.63) is 133 Å². The summed E-state index contributed by atoms with van der Waals surface area (Å²) in [5, 5.41) is 0.